The van der Waals surface area contributed by atoms with Crippen molar-refractivity contribution in [2.75, 3.05) is 13.1 Å². The van der Waals surface area contributed by atoms with Crippen LogP contribution in [0.4, 0.5) is 0 Å². The first-order valence-electron chi connectivity index (χ1n) is 5.42. The van der Waals surface area contributed by atoms with Gasteiger partial charge in [0.1, 0.15) is 0 Å². The van der Waals surface area contributed by atoms with Crippen LogP contribution in [0, 0.1) is 17.8 Å². The van der Waals surface area contributed by atoms with E-state index >= 15 is 0 Å². The lowest BCUT2D eigenvalue weighted by atomic mass is 9.96. The highest BCUT2D eigenvalue weighted by molar-refractivity contribution is 4.73. The lowest BCUT2D eigenvalue weighted by Gasteiger charge is -2.24. The molecule has 0 amide bonds. The highest BCUT2D eigenvalue weighted by Crippen LogP contribution is 2.09. The lowest BCUT2D eigenvalue weighted by molar-refractivity contribution is 0.334. The van der Waals surface area contributed by atoms with Crippen LogP contribution in [0.2, 0.25) is 0 Å². The summed E-state index contributed by atoms with van der Waals surface area (Å²) in [6, 6.07) is 0.473. The Balaban J connectivity index is 3.72. The van der Waals surface area contributed by atoms with E-state index in [9.17, 15) is 0 Å². The van der Waals surface area contributed by atoms with Gasteiger partial charge in [0.15, 0.2) is 0 Å². The van der Waals surface area contributed by atoms with Gasteiger partial charge in [0.2, 0.25) is 0 Å². The maximum Gasteiger partial charge on any atom is 0.0213 e. The van der Waals surface area contributed by atoms with Crippen molar-refractivity contribution in [3.8, 4) is 0 Å². The first kappa shape index (κ1) is 12.9. The Labute approximate surface area is 83.3 Å². The van der Waals surface area contributed by atoms with Gasteiger partial charge in [-0.05, 0) is 24.3 Å². The molecular formula is C11H26N2. The van der Waals surface area contributed by atoms with Gasteiger partial charge in [-0.15, -0.1) is 0 Å². The molecule has 0 bridgehead atoms. The molecule has 0 aromatic heterocycles. The van der Waals surface area contributed by atoms with Gasteiger partial charge in [0, 0.05) is 12.6 Å². The third kappa shape index (κ3) is 5.27. The largest absolute Gasteiger partial charge is 0.329 e. The van der Waals surface area contributed by atoms with Crippen LogP contribution in [0.5, 0.6) is 0 Å². The average molecular weight is 186 g/mol. The van der Waals surface area contributed by atoms with Gasteiger partial charge in [0.05, 0.1) is 0 Å². The zero-order valence-electron chi connectivity index (χ0n) is 9.80. The van der Waals surface area contributed by atoms with Crippen molar-refractivity contribution in [3.63, 3.8) is 0 Å². The van der Waals surface area contributed by atoms with Crippen molar-refractivity contribution in [3.05, 3.63) is 0 Å². The Morgan fingerprint density at radius 2 is 1.54 bits per heavy atom. The predicted molar refractivity (Wildman–Crippen MR) is 59.7 cm³/mol. The molecule has 0 aromatic rings. The standard InChI is InChI=1S/C11H26N2/c1-8(2)10(5)7-13-11(6-12)9(3)4/h8-11,13H,6-7,12H2,1-5H3. The van der Waals surface area contributed by atoms with Crippen LogP contribution < -0.4 is 11.1 Å². The van der Waals surface area contributed by atoms with E-state index in [1.54, 1.807) is 0 Å². The number of hydrogen-bond donors (Lipinski definition) is 2. The minimum atomic E-state index is 0.473. The predicted octanol–water partition coefficient (Wildman–Crippen LogP) is 1.85. The number of nitrogens with one attached hydrogen (secondary N) is 1. The quantitative estimate of drug-likeness (QED) is 0.664. The number of hydrogen-bond acceptors (Lipinski definition) is 2. The van der Waals surface area contributed by atoms with Crippen LogP contribution in [0.25, 0.3) is 0 Å². The molecule has 3 N–H and O–H groups in total. The van der Waals surface area contributed by atoms with Crippen molar-refractivity contribution in [1.29, 1.82) is 0 Å². The van der Waals surface area contributed by atoms with Gasteiger partial charge in [-0.25, -0.2) is 0 Å². The molecule has 0 aliphatic carbocycles. The van der Waals surface area contributed by atoms with E-state index in [2.05, 4.69) is 39.9 Å². The van der Waals surface area contributed by atoms with Crippen molar-refractivity contribution in [2.45, 2.75) is 40.7 Å². The smallest absolute Gasteiger partial charge is 0.0213 e. The second kappa shape index (κ2) is 6.39. The second-order valence-corrected chi connectivity index (χ2v) is 4.72. The van der Waals surface area contributed by atoms with Crippen LogP contribution in [0.3, 0.4) is 0 Å². The van der Waals surface area contributed by atoms with E-state index in [-0.39, 0.29) is 0 Å². The zero-order chi connectivity index (χ0) is 10.4. The minimum absolute atomic E-state index is 0.473. The molecule has 2 nitrogen and oxygen atoms in total. The monoisotopic (exact) mass is 186 g/mol. The minimum Gasteiger partial charge on any atom is -0.329 e. The fourth-order valence-electron chi connectivity index (χ4n) is 1.16. The molecule has 0 aromatic carbocycles. The third-order valence-electron chi connectivity index (χ3n) is 2.90. The molecule has 2 unspecified atom stereocenters. The summed E-state index contributed by atoms with van der Waals surface area (Å²) >= 11 is 0. The topological polar surface area (TPSA) is 38.0 Å². The molecule has 2 heteroatoms. The maximum atomic E-state index is 5.67. The summed E-state index contributed by atoms with van der Waals surface area (Å²) in [6.45, 7) is 13.1. The van der Waals surface area contributed by atoms with Crippen LogP contribution in [0.15, 0.2) is 0 Å². The number of rotatable bonds is 6. The highest BCUT2D eigenvalue weighted by atomic mass is 14.9. The lowest BCUT2D eigenvalue weighted by Crippen LogP contribution is -2.42. The van der Waals surface area contributed by atoms with Gasteiger partial charge in [-0.2, -0.15) is 0 Å². The summed E-state index contributed by atoms with van der Waals surface area (Å²) in [5.74, 6) is 2.11. The second-order valence-electron chi connectivity index (χ2n) is 4.72. The SMILES string of the molecule is CC(C)C(C)CNC(CN)C(C)C. The first-order valence-corrected chi connectivity index (χ1v) is 5.42. The zero-order valence-corrected chi connectivity index (χ0v) is 9.80. The normalized spacial score (nSPS) is 16.6. The molecule has 0 fully saturated rings. The van der Waals surface area contributed by atoms with Crippen molar-refractivity contribution < 1.29 is 0 Å². The van der Waals surface area contributed by atoms with Crippen LogP contribution in [-0.2, 0) is 0 Å². The Hall–Kier alpha value is -0.0800. The molecule has 80 valence electrons. The maximum absolute atomic E-state index is 5.67. The van der Waals surface area contributed by atoms with Crippen LogP contribution in [-0.4, -0.2) is 19.1 Å². The summed E-state index contributed by atoms with van der Waals surface area (Å²) in [5, 5.41) is 3.52. The van der Waals surface area contributed by atoms with Gasteiger partial charge in [-0.1, -0.05) is 34.6 Å². The van der Waals surface area contributed by atoms with Crippen molar-refractivity contribution in [1.82, 2.24) is 5.32 Å². The van der Waals surface area contributed by atoms with E-state index in [0.29, 0.717) is 12.0 Å². The van der Waals surface area contributed by atoms with Gasteiger partial charge in [0.25, 0.3) is 0 Å². The Bertz CT molecular complexity index is 121. The molecule has 0 rings (SSSR count). The molecule has 13 heavy (non-hydrogen) atoms. The van der Waals surface area contributed by atoms with Crippen molar-refractivity contribution in [2.24, 2.45) is 23.5 Å². The van der Waals surface area contributed by atoms with E-state index in [1.165, 1.54) is 0 Å². The average Bonchev–Trinajstić information content (AvgIpc) is 2.04. The van der Waals surface area contributed by atoms with E-state index in [4.69, 9.17) is 5.73 Å². The molecule has 0 saturated heterocycles. The fraction of sp³-hybridized carbons (Fsp3) is 1.00. The van der Waals surface area contributed by atoms with Gasteiger partial charge >= 0.3 is 0 Å². The first-order chi connectivity index (χ1) is 5.99. The Morgan fingerprint density at radius 3 is 1.85 bits per heavy atom. The van der Waals surface area contributed by atoms with E-state index in [0.717, 1.165) is 24.9 Å². The van der Waals surface area contributed by atoms with Crippen molar-refractivity contribution >= 4 is 0 Å². The summed E-state index contributed by atoms with van der Waals surface area (Å²) in [7, 11) is 0. The molecule has 0 aliphatic rings. The third-order valence-corrected chi connectivity index (χ3v) is 2.90. The van der Waals surface area contributed by atoms with Crippen LogP contribution in [0.1, 0.15) is 34.6 Å². The number of nitrogens with two attached hydrogens (primary N) is 1. The molecule has 0 spiro atoms. The Kier molecular flexibility index (Phi) is 6.35. The summed E-state index contributed by atoms with van der Waals surface area (Å²) in [6.07, 6.45) is 0. The van der Waals surface area contributed by atoms with Gasteiger partial charge < -0.3 is 11.1 Å². The van der Waals surface area contributed by atoms with Crippen LogP contribution >= 0.6 is 0 Å². The molecule has 0 saturated carbocycles. The van der Waals surface area contributed by atoms with Gasteiger partial charge in [-0.3, -0.25) is 0 Å². The summed E-state index contributed by atoms with van der Waals surface area (Å²) in [5.41, 5.74) is 5.67. The summed E-state index contributed by atoms with van der Waals surface area (Å²) in [4.78, 5) is 0. The van der Waals surface area contributed by atoms with E-state index < -0.39 is 0 Å². The highest BCUT2D eigenvalue weighted by Gasteiger charge is 2.13. The summed E-state index contributed by atoms with van der Waals surface area (Å²) < 4.78 is 0. The molecule has 0 heterocycles. The molecule has 2 atom stereocenters. The molecule has 0 radical (unpaired) electrons. The fourth-order valence-corrected chi connectivity index (χ4v) is 1.16. The van der Waals surface area contributed by atoms with E-state index in [1.807, 2.05) is 0 Å². The molecular weight excluding hydrogens is 160 g/mol. The molecule has 0 aliphatic heterocycles. The Morgan fingerprint density at radius 1 is 1.00 bits per heavy atom.